The van der Waals surface area contributed by atoms with Crippen molar-refractivity contribution in [3.8, 4) is 17.0 Å². The Labute approximate surface area is 149 Å². The highest BCUT2D eigenvalue weighted by Crippen LogP contribution is 2.33. The summed E-state index contributed by atoms with van der Waals surface area (Å²) in [7, 11) is 6.07. The van der Waals surface area contributed by atoms with E-state index in [1.807, 2.05) is 30.3 Å². The Balaban J connectivity index is 1.97. The van der Waals surface area contributed by atoms with Crippen LogP contribution in [0, 0.1) is 0 Å². The van der Waals surface area contributed by atoms with Gasteiger partial charge in [0.1, 0.15) is 0 Å². The second-order valence-corrected chi connectivity index (χ2v) is 6.62. The minimum atomic E-state index is 0.670. The quantitative estimate of drug-likeness (QED) is 0.618. The van der Waals surface area contributed by atoms with E-state index in [9.17, 15) is 0 Å². The number of pyridine rings is 1. The molecule has 0 N–H and O–H groups in total. The van der Waals surface area contributed by atoms with Gasteiger partial charge in [-0.25, -0.2) is 4.98 Å². The minimum Gasteiger partial charge on any atom is -0.477 e. The SMILES string of the molecule is CCc1ccc2c(-c3cnn(C)c3)cnc(OCCCN(C)C)c2c1. The molecule has 0 radical (unpaired) electrons. The standard InChI is InChI=1S/C20H26N4O/c1-5-15-7-8-17-18(11-15)20(25-10-6-9-23(2)3)21-13-19(17)16-12-22-24(4)14-16/h7-8,11-14H,5-6,9-10H2,1-4H3. The molecule has 0 saturated heterocycles. The Morgan fingerprint density at radius 1 is 1.16 bits per heavy atom. The van der Waals surface area contributed by atoms with Crippen LogP contribution in [0.5, 0.6) is 5.88 Å². The molecule has 1 aromatic carbocycles. The zero-order valence-electron chi connectivity index (χ0n) is 15.5. The van der Waals surface area contributed by atoms with E-state index in [-0.39, 0.29) is 0 Å². The van der Waals surface area contributed by atoms with Gasteiger partial charge >= 0.3 is 0 Å². The lowest BCUT2D eigenvalue weighted by atomic mass is 10.0. The van der Waals surface area contributed by atoms with Gasteiger partial charge in [0.2, 0.25) is 5.88 Å². The third-order valence-electron chi connectivity index (χ3n) is 4.33. The number of rotatable bonds is 7. The Morgan fingerprint density at radius 2 is 2.00 bits per heavy atom. The maximum absolute atomic E-state index is 6.01. The zero-order valence-corrected chi connectivity index (χ0v) is 15.5. The van der Waals surface area contributed by atoms with Crippen molar-refractivity contribution in [3.05, 3.63) is 42.4 Å². The molecular formula is C20H26N4O. The molecule has 2 aromatic heterocycles. The third kappa shape index (κ3) is 3.99. The molecule has 0 saturated carbocycles. The van der Waals surface area contributed by atoms with Crippen LogP contribution in [0.2, 0.25) is 0 Å². The number of nitrogens with zero attached hydrogens (tertiary/aromatic N) is 4. The number of aryl methyl sites for hydroxylation is 2. The van der Waals surface area contributed by atoms with Gasteiger partial charge in [-0.05, 0) is 44.0 Å². The van der Waals surface area contributed by atoms with Crippen LogP contribution < -0.4 is 4.74 Å². The first-order valence-electron chi connectivity index (χ1n) is 8.76. The fourth-order valence-corrected chi connectivity index (χ4v) is 2.94. The van der Waals surface area contributed by atoms with Crippen LogP contribution in [0.1, 0.15) is 18.9 Å². The summed E-state index contributed by atoms with van der Waals surface area (Å²) < 4.78 is 7.82. The fourth-order valence-electron chi connectivity index (χ4n) is 2.94. The van der Waals surface area contributed by atoms with Crippen molar-refractivity contribution in [2.24, 2.45) is 7.05 Å². The molecule has 25 heavy (non-hydrogen) atoms. The maximum atomic E-state index is 6.01. The summed E-state index contributed by atoms with van der Waals surface area (Å²) in [4.78, 5) is 6.77. The molecule has 0 fully saturated rings. The second kappa shape index (κ2) is 7.66. The van der Waals surface area contributed by atoms with E-state index in [2.05, 4.69) is 54.2 Å². The van der Waals surface area contributed by atoms with Gasteiger partial charge in [0.25, 0.3) is 0 Å². The van der Waals surface area contributed by atoms with E-state index in [1.54, 1.807) is 0 Å². The van der Waals surface area contributed by atoms with Crippen LogP contribution in [0.4, 0.5) is 0 Å². The first kappa shape index (κ1) is 17.4. The summed E-state index contributed by atoms with van der Waals surface area (Å²) in [6.45, 7) is 3.84. The molecule has 0 unspecified atom stereocenters. The Kier molecular flexibility index (Phi) is 5.34. The van der Waals surface area contributed by atoms with E-state index in [0.717, 1.165) is 47.2 Å². The number of ether oxygens (including phenoxy) is 1. The van der Waals surface area contributed by atoms with Gasteiger partial charge in [0.15, 0.2) is 0 Å². The van der Waals surface area contributed by atoms with Gasteiger partial charge in [0.05, 0.1) is 12.8 Å². The maximum Gasteiger partial charge on any atom is 0.221 e. The lowest BCUT2D eigenvalue weighted by molar-refractivity contribution is 0.276. The molecule has 0 aliphatic rings. The fraction of sp³-hybridized carbons (Fsp3) is 0.400. The molecule has 0 amide bonds. The summed E-state index contributed by atoms with van der Waals surface area (Å²) in [5, 5.41) is 6.52. The van der Waals surface area contributed by atoms with Gasteiger partial charge in [-0.1, -0.05) is 19.1 Å². The van der Waals surface area contributed by atoms with Crippen molar-refractivity contribution in [2.45, 2.75) is 19.8 Å². The van der Waals surface area contributed by atoms with E-state index < -0.39 is 0 Å². The average molecular weight is 338 g/mol. The van der Waals surface area contributed by atoms with Crippen LogP contribution in [0.15, 0.2) is 36.8 Å². The molecule has 0 aliphatic heterocycles. The molecule has 3 aromatic rings. The van der Waals surface area contributed by atoms with Crippen molar-refractivity contribution in [1.29, 1.82) is 0 Å². The predicted molar refractivity (Wildman–Crippen MR) is 102 cm³/mol. The number of hydrogen-bond donors (Lipinski definition) is 0. The van der Waals surface area contributed by atoms with Crippen molar-refractivity contribution in [3.63, 3.8) is 0 Å². The van der Waals surface area contributed by atoms with Crippen molar-refractivity contribution < 1.29 is 4.74 Å². The molecule has 0 spiro atoms. The number of hydrogen-bond acceptors (Lipinski definition) is 4. The predicted octanol–water partition coefficient (Wildman–Crippen LogP) is 3.53. The first-order valence-corrected chi connectivity index (χ1v) is 8.76. The molecule has 5 nitrogen and oxygen atoms in total. The first-order chi connectivity index (χ1) is 12.1. The molecule has 0 atom stereocenters. The van der Waals surface area contributed by atoms with Crippen LogP contribution in [-0.4, -0.2) is 46.9 Å². The lowest BCUT2D eigenvalue weighted by Crippen LogP contribution is -2.15. The normalized spacial score (nSPS) is 11.4. The van der Waals surface area contributed by atoms with Crippen molar-refractivity contribution in [2.75, 3.05) is 27.2 Å². The molecule has 3 rings (SSSR count). The summed E-state index contributed by atoms with van der Waals surface area (Å²) in [6.07, 6.45) is 7.76. The van der Waals surface area contributed by atoms with Crippen LogP contribution in [0.3, 0.4) is 0 Å². The molecule has 5 heteroatoms. The average Bonchev–Trinajstić information content (AvgIpc) is 3.04. The monoisotopic (exact) mass is 338 g/mol. The van der Waals surface area contributed by atoms with E-state index >= 15 is 0 Å². The van der Waals surface area contributed by atoms with Crippen LogP contribution in [0.25, 0.3) is 21.9 Å². The number of benzene rings is 1. The van der Waals surface area contributed by atoms with E-state index in [1.165, 1.54) is 5.56 Å². The van der Waals surface area contributed by atoms with Crippen molar-refractivity contribution in [1.82, 2.24) is 19.7 Å². The van der Waals surface area contributed by atoms with Crippen molar-refractivity contribution >= 4 is 10.8 Å². The van der Waals surface area contributed by atoms with Gasteiger partial charge in [-0.2, -0.15) is 5.10 Å². The zero-order chi connectivity index (χ0) is 17.8. The van der Waals surface area contributed by atoms with E-state index in [4.69, 9.17) is 4.74 Å². The lowest BCUT2D eigenvalue weighted by Gasteiger charge is -2.13. The summed E-state index contributed by atoms with van der Waals surface area (Å²) in [5.41, 5.74) is 3.45. The van der Waals surface area contributed by atoms with Crippen LogP contribution in [-0.2, 0) is 13.5 Å². The Morgan fingerprint density at radius 3 is 2.68 bits per heavy atom. The van der Waals surface area contributed by atoms with Gasteiger partial charge in [-0.3, -0.25) is 4.68 Å². The minimum absolute atomic E-state index is 0.670. The summed E-state index contributed by atoms with van der Waals surface area (Å²) in [5.74, 6) is 0.719. The number of aromatic nitrogens is 3. The molecule has 2 heterocycles. The number of fused-ring (bicyclic) bond motifs is 1. The summed E-state index contributed by atoms with van der Waals surface area (Å²) in [6, 6.07) is 6.55. The highest BCUT2D eigenvalue weighted by molar-refractivity contribution is 5.98. The topological polar surface area (TPSA) is 43.2 Å². The second-order valence-electron chi connectivity index (χ2n) is 6.62. The van der Waals surface area contributed by atoms with Gasteiger partial charge in [-0.15, -0.1) is 0 Å². The largest absolute Gasteiger partial charge is 0.477 e. The highest BCUT2D eigenvalue weighted by Gasteiger charge is 2.12. The molecular weight excluding hydrogens is 312 g/mol. The van der Waals surface area contributed by atoms with Gasteiger partial charge in [0, 0.05) is 42.5 Å². The van der Waals surface area contributed by atoms with Gasteiger partial charge < -0.3 is 9.64 Å². The Hall–Kier alpha value is -2.40. The highest BCUT2D eigenvalue weighted by atomic mass is 16.5. The third-order valence-corrected chi connectivity index (χ3v) is 4.33. The molecule has 0 aliphatic carbocycles. The van der Waals surface area contributed by atoms with Crippen LogP contribution >= 0.6 is 0 Å². The molecule has 0 bridgehead atoms. The smallest absolute Gasteiger partial charge is 0.221 e. The molecule has 132 valence electrons. The Bertz CT molecular complexity index is 854. The van der Waals surface area contributed by atoms with E-state index in [0.29, 0.717) is 6.61 Å². The summed E-state index contributed by atoms with van der Waals surface area (Å²) >= 11 is 0.